The van der Waals surface area contributed by atoms with Crippen LogP contribution in [0, 0.1) is 6.92 Å². The van der Waals surface area contributed by atoms with Crippen LogP contribution in [0.25, 0.3) is 11.1 Å². The van der Waals surface area contributed by atoms with Crippen molar-refractivity contribution in [3.05, 3.63) is 57.0 Å². The first-order valence-corrected chi connectivity index (χ1v) is 5.93. The van der Waals surface area contributed by atoms with E-state index in [4.69, 9.17) is 34.8 Å². The lowest BCUT2D eigenvalue weighted by Gasteiger charge is -2.08. The Kier molecular flexibility index (Phi) is 3.44. The standard InChI is InChI=1S/C13H9Cl3/c1-8-6-11(15)13(12(16)7-8)9-2-4-10(14)5-3-9/h2-7H,1H3. The molecule has 2 aromatic carbocycles. The van der Waals surface area contributed by atoms with E-state index < -0.39 is 0 Å². The lowest BCUT2D eigenvalue weighted by atomic mass is 10.0. The van der Waals surface area contributed by atoms with Gasteiger partial charge in [0.15, 0.2) is 0 Å². The number of hydrogen-bond acceptors (Lipinski definition) is 0. The molecule has 0 saturated carbocycles. The molecule has 0 N–H and O–H groups in total. The van der Waals surface area contributed by atoms with Gasteiger partial charge in [0.05, 0.1) is 10.0 Å². The van der Waals surface area contributed by atoms with Crippen molar-refractivity contribution in [3.63, 3.8) is 0 Å². The van der Waals surface area contributed by atoms with E-state index >= 15 is 0 Å². The second kappa shape index (κ2) is 4.67. The van der Waals surface area contributed by atoms with Crippen molar-refractivity contribution in [1.29, 1.82) is 0 Å². The van der Waals surface area contributed by atoms with Crippen LogP contribution in [0.1, 0.15) is 5.56 Å². The van der Waals surface area contributed by atoms with Crippen LogP contribution < -0.4 is 0 Å². The van der Waals surface area contributed by atoms with Gasteiger partial charge in [-0.2, -0.15) is 0 Å². The molecule has 16 heavy (non-hydrogen) atoms. The van der Waals surface area contributed by atoms with Gasteiger partial charge >= 0.3 is 0 Å². The lowest BCUT2D eigenvalue weighted by Crippen LogP contribution is -1.83. The van der Waals surface area contributed by atoms with Crippen molar-refractivity contribution in [2.24, 2.45) is 0 Å². The highest BCUT2D eigenvalue weighted by molar-refractivity contribution is 6.39. The molecule has 0 nitrogen and oxygen atoms in total. The van der Waals surface area contributed by atoms with Gasteiger partial charge in [-0.25, -0.2) is 0 Å². The topological polar surface area (TPSA) is 0 Å². The molecule has 0 bridgehead atoms. The molecule has 0 aliphatic heterocycles. The summed E-state index contributed by atoms with van der Waals surface area (Å²) in [5.41, 5.74) is 2.87. The molecule has 0 amide bonds. The minimum atomic E-state index is 0.660. The van der Waals surface area contributed by atoms with Crippen LogP contribution in [0.4, 0.5) is 0 Å². The second-order valence-electron chi connectivity index (χ2n) is 3.61. The molecule has 2 rings (SSSR count). The summed E-state index contributed by atoms with van der Waals surface area (Å²) in [4.78, 5) is 0. The molecule has 0 radical (unpaired) electrons. The highest BCUT2D eigenvalue weighted by atomic mass is 35.5. The average molecular weight is 272 g/mol. The predicted octanol–water partition coefficient (Wildman–Crippen LogP) is 5.62. The van der Waals surface area contributed by atoms with E-state index in [1.807, 2.05) is 43.3 Å². The maximum Gasteiger partial charge on any atom is 0.0502 e. The molecular weight excluding hydrogens is 263 g/mol. The average Bonchev–Trinajstić information content (AvgIpc) is 2.19. The van der Waals surface area contributed by atoms with Crippen molar-refractivity contribution in [3.8, 4) is 11.1 Å². The summed E-state index contributed by atoms with van der Waals surface area (Å²) in [5, 5.41) is 2.02. The lowest BCUT2D eigenvalue weighted by molar-refractivity contribution is 1.47. The third-order valence-corrected chi connectivity index (χ3v) is 3.17. The van der Waals surface area contributed by atoms with Gasteiger partial charge in [0.1, 0.15) is 0 Å². The van der Waals surface area contributed by atoms with Gasteiger partial charge in [-0.3, -0.25) is 0 Å². The summed E-state index contributed by atoms with van der Waals surface area (Å²) in [6.07, 6.45) is 0. The number of aryl methyl sites for hydroxylation is 1. The zero-order valence-electron chi connectivity index (χ0n) is 8.60. The van der Waals surface area contributed by atoms with Gasteiger partial charge in [-0.1, -0.05) is 46.9 Å². The zero-order chi connectivity index (χ0) is 11.7. The summed E-state index contributed by atoms with van der Waals surface area (Å²) in [5.74, 6) is 0. The Morgan fingerprint density at radius 1 is 0.812 bits per heavy atom. The molecule has 0 fully saturated rings. The zero-order valence-corrected chi connectivity index (χ0v) is 10.9. The van der Waals surface area contributed by atoms with Crippen LogP contribution in [0.5, 0.6) is 0 Å². The van der Waals surface area contributed by atoms with E-state index in [0.717, 1.165) is 16.7 Å². The number of benzene rings is 2. The Bertz CT molecular complexity index is 492. The van der Waals surface area contributed by atoms with Crippen molar-refractivity contribution >= 4 is 34.8 Å². The van der Waals surface area contributed by atoms with E-state index in [1.54, 1.807) is 0 Å². The van der Waals surface area contributed by atoms with Crippen LogP contribution in [-0.4, -0.2) is 0 Å². The number of hydrogen-bond donors (Lipinski definition) is 0. The van der Waals surface area contributed by atoms with E-state index in [2.05, 4.69) is 0 Å². The molecule has 0 aliphatic carbocycles. The van der Waals surface area contributed by atoms with Crippen LogP contribution in [0.3, 0.4) is 0 Å². The Morgan fingerprint density at radius 3 is 1.81 bits per heavy atom. The fraction of sp³-hybridized carbons (Fsp3) is 0.0769. The Morgan fingerprint density at radius 2 is 1.31 bits per heavy atom. The van der Waals surface area contributed by atoms with Crippen molar-refractivity contribution in [1.82, 2.24) is 0 Å². The van der Waals surface area contributed by atoms with E-state index in [9.17, 15) is 0 Å². The summed E-state index contributed by atoms with van der Waals surface area (Å²) < 4.78 is 0. The normalized spacial score (nSPS) is 10.5. The molecule has 2 aromatic rings. The van der Waals surface area contributed by atoms with Gasteiger partial charge in [-0.05, 0) is 42.3 Å². The molecule has 0 heterocycles. The second-order valence-corrected chi connectivity index (χ2v) is 4.86. The quantitative estimate of drug-likeness (QED) is 0.631. The van der Waals surface area contributed by atoms with E-state index in [1.165, 1.54) is 0 Å². The van der Waals surface area contributed by atoms with Crippen molar-refractivity contribution in [2.75, 3.05) is 0 Å². The SMILES string of the molecule is Cc1cc(Cl)c(-c2ccc(Cl)cc2)c(Cl)c1. The third kappa shape index (κ3) is 2.35. The summed E-state index contributed by atoms with van der Waals surface area (Å²) in [6, 6.07) is 11.3. The fourth-order valence-electron chi connectivity index (χ4n) is 1.59. The van der Waals surface area contributed by atoms with E-state index in [-0.39, 0.29) is 0 Å². The summed E-state index contributed by atoms with van der Waals surface area (Å²) in [7, 11) is 0. The van der Waals surface area contributed by atoms with Crippen molar-refractivity contribution < 1.29 is 0 Å². The number of rotatable bonds is 1. The summed E-state index contributed by atoms with van der Waals surface area (Å²) >= 11 is 18.2. The first kappa shape index (κ1) is 11.8. The third-order valence-electron chi connectivity index (χ3n) is 2.32. The summed E-state index contributed by atoms with van der Waals surface area (Å²) in [6.45, 7) is 1.96. The molecule has 0 saturated heterocycles. The molecule has 0 unspecified atom stereocenters. The Balaban J connectivity index is 2.60. The minimum absolute atomic E-state index is 0.660. The monoisotopic (exact) mass is 270 g/mol. The van der Waals surface area contributed by atoms with Gasteiger partial charge in [-0.15, -0.1) is 0 Å². The first-order chi connectivity index (χ1) is 7.58. The number of halogens is 3. The molecule has 0 aliphatic rings. The molecule has 0 atom stereocenters. The largest absolute Gasteiger partial charge is 0.0843 e. The highest BCUT2D eigenvalue weighted by Gasteiger charge is 2.09. The maximum absolute atomic E-state index is 6.19. The molecule has 3 heteroatoms. The minimum Gasteiger partial charge on any atom is -0.0843 e. The Hall–Kier alpha value is -0.690. The molecule has 0 aromatic heterocycles. The van der Waals surface area contributed by atoms with Crippen LogP contribution in [0.15, 0.2) is 36.4 Å². The van der Waals surface area contributed by atoms with Gasteiger partial charge in [0.25, 0.3) is 0 Å². The molecule has 82 valence electrons. The smallest absolute Gasteiger partial charge is 0.0502 e. The van der Waals surface area contributed by atoms with Gasteiger partial charge < -0.3 is 0 Å². The van der Waals surface area contributed by atoms with Crippen LogP contribution in [-0.2, 0) is 0 Å². The van der Waals surface area contributed by atoms with Crippen molar-refractivity contribution in [2.45, 2.75) is 6.92 Å². The first-order valence-electron chi connectivity index (χ1n) is 4.79. The van der Waals surface area contributed by atoms with Crippen LogP contribution >= 0.6 is 34.8 Å². The van der Waals surface area contributed by atoms with Crippen LogP contribution in [0.2, 0.25) is 15.1 Å². The fourth-order valence-corrected chi connectivity index (χ4v) is 2.53. The highest BCUT2D eigenvalue weighted by Crippen LogP contribution is 2.36. The molecular formula is C13H9Cl3. The molecule has 0 spiro atoms. The van der Waals surface area contributed by atoms with Gasteiger partial charge in [0.2, 0.25) is 0 Å². The maximum atomic E-state index is 6.19. The Labute approximate surface area is 110 Å². The van der Waals surface area contributed by atoms with E-state index in [0.29, 0.717) is 15.1 Å². The van der Waals surface area contributed by atoms with Gasteiger partial charge in [0, 0.05) is 10.6 Å². The predicted molar refractivity (Wildman–Crippen MR) is 71.6 cm³/mol.